The molecule has 0 aromatic carbocycles. The largest absolute Gasteiger partial charge is 0.378 e. The number of allylic oxidation sites excluding steroid dienone is 1. The molecule has 9 heavy (non-hydrogen) atoms. The van der Waals surface area contributed by atoms with E-state index in [4.69, 9.17) is 4.74 Å². The zero-order valence-electron chi connectivity index (χ0n) is 6.61. The van der Waals surface area contributed by atoms with E-state index in [0.29, 0.717) is 0 Å². The highest BCUT2D eigenvalue weighted by Crippen LogP contribution is 1.96. The van der Waals surface area contributed by atoms with Gasteiger partial charge in [-0.3, -0.25) is 0 Å². The van der Waals surface area contributed by atoms with Crippen LogP contribution in [-0.2, 0) is 4.74 Å². The van der Waals surface area contributed by atoms with Crippen molar-refractivity contribution >= 4 is 0 Å². The van der Waals surface area contributed by atoms with E-state index in [1.54, 1.807) is 0 Å². The molecule has 0 aromatic rings. The third kappa shape index (κ3) is 5.57. The summed E-state index contributed by atoms with van der Waals surface area (Å²) in [5.74, 6) is 0. The van der Waals surface area contributed by atoms with E-state index in [0.717, 1.165) is 19.6 Å². The van der Waals surface area contributed by atoms with Crippen LogP contribution in [0.3, 0.4) is 0 Å². The molecule has 0 heterocycles. The summed E-state index contributed by atoms with van der Waals surface area (Å²) in [5, 5.41) is 0. The lowest BCUT2D eigenvalue weighted by Gasteiger charge is -1.95. The molecule has 0 saturated heterocycles. The minimum absolute atomic E-state index is 0.774. The fraction of sp³-hybridized carbons (Fsp3) is 0.750. The zero-order valence-corrected chi connectivity index (χ0v) is 6.61. The van der Waals surface area contributed by atoms with Crippen molar-refractivity contribution < 1.29 is 4.74 Å². The Bertz CT molecular complexity index is 84.6. The lowest BCUT2D eigenvalue weighted by atomic mass is 10.2. The Morgan fingerprint density at radius 1 is 1.44 bits per heavy atom. The van der Waals surface area contributed by atoms with Crippen LogP contribution in [0, 0.1) is 0 Å². The van der Waals surface area contributed by atoms with E-state index >= 15 is 0 Å². The maximum Gasteiger partial charge on any atom is 0.0649 e. The quantitative estimate of drug-likeness (QED) is 0.417. The topological polar surface area (TPSA) is 9.23 Å². The molecule has 0 saturated carbocycles. The van der Waals surface area contributed by atoms with Gasteiger partial charge in [0.1, 0.15) is 0 Å². The monoisotopic (exact) mass is 128 g/mol. The van der Waals surface area contributed by atoms with Gasteiger partial charge >= 0.3 is 0 Å². The molecule has 0 fully saturated rings. The van der Waals surface area contributed by atoms with Crippen molar-refractivity contribution in [3.8, 4) is 0 Å². The summed E-state index contributed by atoms with van der Waals surface area (Å²) in [7, 11) is 0. The van der Waals surface area contributed by atoms with Gasteiger partial charge in [0.25, 0.3) is 0 Å². The van der Waals surface area contributed by atoms with Crippen LogP contribution in [0.4, 0.5) is 0 Å². The molecule has 0 atom stereocenters. The van der Waals surface area contributed by atoms with Gasteiger partial charge in [0, 0.05) is 6.61 Å². The van der Waals surface area contributed by atoms with Crippen LogP contribution in [0.2, 0.25) is 0 Å². The summed E-state index contributed by atoms with van der Waals surface area (Å²) < 4.78 is 5.13. The first-order valence-corrected chi connectivity index (χ1v) is 3.54. The molecule has 0 bridgehead atoms. The van der Waals surface area contributed by atoms with Crippen LogP contribution in [0.1, 0.15) is 27.2 Å². The summed E-state index contributed by atoms with van der Waals surface area (Å²) in [6.45, 7) is 7.87. The molecule has 0 spiro atoms. The molecule has 0 aromatic heterocycles. The molecular formula is C8H16O. The number of hydrogen-bond donors (Lipinski definition) is 0. The average Bonchev–Trinajstić information content (AvgIpc) is 1.89. The van der Waals surface area contributed by atoms with Gasteiger partial charge in [0.15, 0.2) is 0 Å². The van der Waals surface area contributed by atoms with Gasteiger partial charge in [-0.2, -0.15) is 0 Å². The lowest BCUT2D eigenvalue weighted by Crippen LogP contribution is -1.89. The minimum Gasteiger partial charge on any atom is -0.378 e. The maximum absolute atomic E-state index is 5.13. The molecule has 0 N–H and O–H groups in total. The molecule has 0 rings (SSSR count). The standard InChI is InChI=1S/C8H16O/c1-4-8(3)6-7-9-5-2/h6H,4-5,7H2,1-3H3/b8-6+. The second-order valence-electron chi connectivity index (χ2n) is 2.06. The van der Waals surface area contributed by atoms with Crippen LogP contribution in [-0.4, -0.2) is 13.2 Å². The van der Waals surface area contributed by atoms with Gasteiger partial charge in [-0.1, -0.05) is 18.6 Å². The van der Waals surface area contributed by atoms with E-state index in [2.05, 4.69) is 19.9 Å². The Morgan fingerprint density at radius 2 is 2.11 bits per heavy atom. The highest BCUT2D eigenvalue weighted by atomic mass is 16.5. The van der Waals surface area contributed by atoms with E-state index in [1.807, 2.05) is 6.92 Å². The predicted octanol–water partition coefficient (Wildman–Crippen LogP) is 2.38. The van der Waals surface area contributed by atoms with Gasteiger partial charge in [-0.25, -0.2) is 0 Å². The van der Waals surface area contributed by atoms with Crippen LogP contribution in [0.5, 0.6) is 0 Å². The van der Waals surface area contributed by atoms with Gasteiger partial charge in [0.2, 0.25) is 0 Å². The summed E-state index contributed by atoms with van der Waals surface area (Å²) in [5.41, 5.74) is 1.41. The third-order valence-electron chi connectivity index (χ3n) is 1.31. The zero-order chi connectivity index (χ0) is 7.11. The summed E-state index contributed by atoms with van der Waals surface area (Å²) >= 11 is 0. The molecule has 0 unspecified atom stereocenters. The van der Waals surface area contributed by atoms with Crippen molar-refractivity contribution in [1.29, 1.82) is 0 Å². The van der Waals surface area contributed by atoms with Crippen molar-refractivity contribution in [2.45, 2.75) is 27.2 Å². The second kappa shape index (κ2) is 5.83. The molecule has 0 aliphatic carbocycles. The summed E-state index contributed by atoms with van der Waals surface area (Å²) in [6.07, 6.45) is 3.26. The molecule has 0 aliphatic rings. The molecular weight excluding hydrogens is 112 g/mol. The van der Waals surface area contributed by atoms with Crippen LogP contribution in [0.15, 0.2) is 11.6 Å². The van der Waals surface area contributed by atoms with Gasteiger partial charge in [-0.05, 0) is 20.3 Å². The van der Waals surface area contributed by atoms with Crippen LogP contribution < -0.4 is 0 Å². The first-order valence-electron chi connectivity index (χ1n) is 3.54. The van der Waals surface area contributed by atoms with Crippen molar-refractivity contribution in [3.63, 3.8) is 0 Å². The smallest absolute Gasteiger partial charge is 0.0649 e. The van der Waals surface area contributed by atoms with Gasteiger partial charge < -0.3 is 4.74 Å². The average molecular weight is 128 g/mol. The Hall–Kier alpha value is -0.300. The number of hydrogen-bond acceptors (Lipinski definition) is 1. The predicted molar refractivity (Wildman–Crippen MR) is 40.5 cm³/mol. The van der Waals surface area contributed by atoms with Crippen molar-refractivity contribution in [2.24, 2.45) is 0 Å². The molecule has 0 aliphatic heterocycles. The Morgan fingerprint density at radius 3 is 2.56 bits per heavy atom. The van der Waals surface area contributed by atoms with E-state index in [9.17, 15) is 0 Å². The highest BCUT2D eigenvalue weighted by molar-refractivity contribution is 4.96. The Kier molecular flexibility index (Phi) is 5.64. The second-order valence-corrected chi connectivity index (χ2v) is 2.06. The van der Waals surface area contributed by atoms with Gasteiger partial charge in [-0.15, -0.1) is 0 Å². The first kappa shape index (κ1) is 8.70. The Balaban J connectivity index is 3.21. The van der Waals surface area contributed by atoms with Gasteiger partial charge in [0.05, 0.1) is 6.61 Å². The first-order chi connectivity index (χ1) is 4.31. The normalized spacial score (nSPS) is 12.1. The summed E-state index contributed by atoms with van der Waals surface area (Å²) in [4.78, 5) is 0. The molecule has 0 radical (unpaired) electrons. The molecule has 1 nitrogen and oxygen atoms in total. The van der Waals surface area contributed by atoms with Crippen molar-refractivity contribution in [3.05, 3.63) is 11.6 Å². The number of rotatable bonds is 4. The fourth-order valence-corrected chi connectivity index (χ4v) is 0.463. The van der Waals surface area contributed by atoms with Crippen LogP contribution in [0.25, 0.3) is 0 Å². The van der Waals surface area contributed by atoms with E-state index in [1.165, 1.54) is 5.57 Å². The lowest BCUT2D eigenvalue weighted by molar-refractivity contribution is 0.177. The Labute approximate surface area is 57.7 Å². The molecule has 0 amide bonds. The molecule has 1 heteroatoms. The highest BCUT2D eigenvalue weighted by Gasteiger charge is 1.81. The molecule has 54 valence electrons. The SMILES string of the molecule is CCOC/C=C(\C)CC. The van der Waals surface area contributed by atoms with Crippen molar-refractivity contribution in [2.75, 3.05) is 13.2 Å². The number of ether oxygens (including phenoxy) is 1. The van der Waals surface area contributed by atoms with E-state index < -0.39 is 0 Å². The third-order valence-corrected chi connectivity index (χ3v) is 1.31. The van der Waals surface area contributed by atoms with Crippen LogP contribution >= 0.6 is 0 Å². The van der Waals surface area contributed by atoms with E-state index in [-0.39, 0.29) is 0 Å². The fourth-order valence-electron chi connectivity index (χ4n) is 0.463. The maximum atomic E-state index is 5.13. The minimum atomic E-state index is 0.774. The summed E-state index contributed by atoms with van der Waals surface area (Å²) in [6, 6.07) is 0. The van der Waals surface area contributed by atoms with Crippen molar-refractivity contribution in [1.82, 2.24) is 0 Å².